The van der Waals surface area contributed by atoms with Crippen molar-refractivity contribution in [1.29, 1.82) is 0 Å². The van der Waals surface area contributed by atoms with Gasteiger partial charge in [-0.2, -0.15) is 0 Å². The maximum Gasteiger partial charge on any atom is 0.0775 e. The molecule has 0 aliphatic rings. The molecule has 0 fully saturated rings. The molecule has 0 heterocycles. The minimum Gasteiger partial charge on any atom is -0.311 e. The lowest BCUT2D eigenvalue weighted by Gasteiger charge is -2.27. The highest BCUT2D eigenvalue weighted by Crippen LogP contribution is 2.47. The molecule has 0 amide bonds. The molecular formula is C62H54N2Si2. The summed E-state index contributed by atoms with van der Waals surface area (Å²) < 4.78 is 0. The van der Waals surface area contributed by atoms with Crippen molar-refractivity contribution >= 4 is 104 Å². The normalized spacial score (nSPS) is 12.1. The minimum atomic E-state index is -1.43. The fourth-order valence-corrected chi connectivity index (χ4v) is 12.4. The molecule has 0 bridgehead atoms. The van der Waals surface area contributed by atoms with E-state index in [1.54, 1.807) is 0 Å². The average Bonchev–Trinajstić information content (AvgIpc) is 3.34. The molecule has 0 radical (unpaired) electrons. The van der Waals surface area contributed by atoms with Crippen LogP contribution >= 0.6 is 0 Å². The van der Waals surface area contributed by atoms with Gasteiger partial charge in [0.25, 0.3) is 0 Å². The van der Waals surface area contributed by atoms with E-state index in [9.17, 15) is 0 Å². The van der Waals surface area contributed by atoms with Crippen molar-refractivity contribution in [3.63, 3.8) is 0 Å². The van der Waals surface area contributed by atoms with Crippen molar-refractivity contribution in [1.82, 2.24) is 0 Å². The van der Waals surface area contributed by atoms with E-state index in [1.165, 1.54) is 75.7 Å². The fraction of sp³-hybridized carbons (Fsp3) is 0.0968. The molecule has 0 aliphatic heterocycles. The van der Waals surface area contributed by atoms with Gasteiger partial charge in [0.1, 0.15) is 0 Å². The van der Waals surface area contributed by atoms with E-state index in [0.29, 0.717) is 0 Å². The van der Waals surface area contributed by atoms with Crippen LogP contribution in [0.5, 0.6) is 0 Å². The first kappa shape index (κ1) is 41.5. The number of hydrogen-bond acceptors (Lipinski definition) is 2. The molecule has 0 atom stereocenters. The third-order valence-corrected chi connectivity index (χ3v) is 17.7. The lowest BCUT2D eigenvalue weighted by atomic mass is 9.84. The maximum atomic E-state index is 2.41. The van der Waals surface area contributed by atoms with Crippen LogP contribution in [0.4, 0.5) is 34.1 Å². The zero-order valence-corrected chi connectivity index (χ0v) is 40.7. The zero-order valence-electron chi connectivity index (χ0n) is 38.7. The van der Waals surface area contributed by atoms with E-state index >= 15 is 0 Å². The van der Waals surface area contributed by atoms with Crippen LogP contribution in [0.1, 0.15) is 0 Å². The number of hydrogen-bond donors (Lipinski definition) is 0. The maximum absolute atomic E-state index is 2.41. The second-order valence-corrected chi connectivity index (χ2v) is 30.0. The topological polar surface area (TPSA) is 6.48 Å². The van der Waals surface area contributed by atoms with Crippen molar-refractivity contribution in [2.24, 2.45) is 0 Å². The third-order valence-electron chi connectivity index (χ3n) is 13.5. The van der Waals surface area contributed by atoms with Crippen LogP contribution in [0.3, 0.4) is 0 Å². The van der Waals surface area contributed by atoms with Gasteiger partial charge in [0.05, 0.1) is 16.1 Å². The number of nitrogens with zero attached hydrogens (tertiary/aromatic N) is 2. The highest BCUT2D eigenvalue weighted by Gasteiger charge is 2.22. The first-order valence-corrected chi connectivity index (χ1v) is 30.3. The Balaban J connectivity index is 1.01. The average molecular weight is 883 g/mol. The summed E-state index contributed by atoms with van der Waals surface area (Å²) in [4.78, 5) is 4.74. The molecule has 0 aromatic heterocycles. The van der Waals surface area contributed by atoms with Crippen molar-refractivity contribution in [2.75, 3.05) is 9.80 Å². The zero-order chi connectivity index (χ0) is 45.2. The Morgan fingerprint density at radius 2 is 0.530 bits per heavy atom. The molecule has 11 aromatic rings. The van der Waals surface area contributed by atoms with Gasteiger partial charge in [-0.15, -0.1) is 0 Å². The summed E-state index contributed by atoms with van der Waals surface area (Å²) in [6, 6.07) is 81.3. The van der Waals surface area contributed by atoms with E-state index in [4.69, 9.17) is 0 Å². The quantitative estimate of drug-likeness (QED) is 0.0767. The molecule has 0 aliphatic carbocycles. The number of fused-ring (bicyclic) bond motifs is 3. The third kappa shape index (κ3) is 7.37. The van der Waals surface area contributed by atoms with Crippen molar-refractivity contribution in [3.05, 3.63) is 218 Å². The van der Waals surface area contributed by atoms with Gasteiger partial charge in [0, 0.05) is 34.1 Å². The monoisotopic (exact) mass is 882 g/mol. The summed E-state index contributed by atoms with van der Waals surface area (Å²) in [5.41, 5.74) is 11.8. The summed E-state index contributed by atoms with van der Waals surface area (Å²) in [6.45, 7) is 14.4. The molecule has 4 heteroatoms. The van der Waals surface area contributed by atoms with Crippen LogP contribution in [0.25, 0.3) is 65.3 Å². The Labute approximate surface area is 391 Å². The van der Waals surface area contributed by atoms with Crippen LogP contribution in [-0.4, -0.2) is 16.1 Å². The first-order valence-electron chi connectivity index (χ1n) is 23.3. The molecule has 2 nitrogen and oxygen atoms in total. The van der Waals surface area contributed by atoms with E-state index in [-0.39, 0.29) is 0 Å². The lowest BCUT2D eigenvalue weighted by Crippen LogP contribution is -2.37. The van der Waals surface area contributed by atoms with Gasteiger partial charge in [-0.3, -0.25) is 0 Å². The Kier molecular flexibility index (Phi) is 10.3. The van der Waals surface area contributed by atoms with Gasteiger partial charge in [-0.25, -0.2) is 0 Å². The predicted molar refractivity (Wildman–Crippen MR) is 294 cm³/mol. The first-order chi connectivity index (χ1) is 32.0. The van der Waals surface area contributed by atoms with Crippen molar-refractivity contribution in [3.8, 4) is 22.3 Å². The molecule has 320 valence electrons. The minimum absolute atomic E-state index is 1.14. The van der Waals surface area contributed by atoms with Gasteiger partial charge >= 0.3 is 0 Å². The second-order valence-electron chi connectivity index (χ2n) is 19.8. The molecule has 0 N–H and O–H groups in total. The van der Waals surface area contributed by atoms with E-state index < -0.39 is 16.1 Å². The SMILES string of the molecule is C[Si](C)(C)c1ccc(N(c2ccccc2)c2ccc(-c3ccc4c5ccccc5c5ccc(-c6ccc(N(c7ccccc7)c7ccc([Si](C)(C)C)cc7)cc6)c6ccc3c4c65)cc2)cc1. The van der Waals surface area contributed by atoms with Crippen molar-refractivity contribution in [2.45, 2.75) is 39.3 Å². The van der Waals surface area contributed by atoms with Gasteiger partial charge in [-0.1, -0.05) is 195 Å². The second kappa shape index (κ2) is 16.3. The van der Waals surface area contributed by atoms with Crippen LogP contribution in [0.2, 0.25) is 39.3 Å². The van der Waals surface area contributed by atoms with Gasteiger partial charge in [0.15, 0.2) is 0 Å². The summed E-state index contributed by atoms with van der Waals surface area (Å²) >= 11 is 0. The molecule has 0 spiro atoms. The number of anilines is 6. The Hall–Kier alpha value is -7.25. The summed E-state index contributed by atoms with van der Waals surface area (Å²) in [5, 5.41) is 13.3. The highest BCUT2D eigenvalue weighted by molar-refractivity contribution is 6.89. The van der Waals surface area contributed by atoms with Crippen LogP contribution in [0.15, 0.2) is 218 Å². The Bertz CT molecular complexity index is 3260. The highest BCUT2D eigenvalue weighted by atomic mass is 28.3. The van der Waals surface area contributed by atoms with E-state index in [2.05, 4.69) is 267 Å². The van der Waals surface area contributed by atoms with E-state index in [1.807, 2.05) is 0 Å². The van der Waals surface area contributed by atoms with Gasteiger partial charge in [-0.05, 0) is 138 Å². The van der Waals surface area contributed by atoms with Gasteiger partial charge in [0.2, 0.25) is 0 Å². The lowest BCUT2D eigenvalue weighted by molar-refractivity contribution is 1.28. The van der Waals surface area contributed by atoms with E-state index in [0.717, 1.165) is 34.1 Å². The summed E-state index contributed by atoms with van der Waals surface area (Å²) in [5.74, 6) is 0. The van der Waals surface area contributed by atoms with Crippen LogP contribution in [0, 0.1) is 0 Å². The smallest absolute Gasteiger partial charge is 0.0775 e. The standard InChI is InChI=1S/C62H54N2Si2/c1-65(2,3)51-33-29-49(30-34-51)63(45-15-9-7-10-16-45)47-25-21-43(22-26-47)53-37-39-59-55-19-13-14-20-56(55)60-40-38-54(58-42-41-57(53)61(59)62(58)60)44-23-27-48(28-24-44)64(46-17-11-8-12-18-46)50-31-35-52(36-32-50)66(4,5)6/h7-42H,1-6H3. The molecule has 0 saturated heterocycles. The summed E-state index contributed by atoms with van der Waals surface area (Å²) in [6.07, 6.45) is 0. The van der Waals surface area contributed by atoms with Gasteiger partial charge < -0.3 is 9.80 Å². The predicted octanol–water partition coefficient (Wildman–Crippen LogP) is 17.1. The number of para-hydroxylation sites is 2. The number of rotatable bonds is 10. The molecule has 11 aromatic carbocycles. The summed E-state index contributed by atoms with van der Waals surface area (Å²) in [7, 11) is -2.86. The molecule has 66 heavy (non-hydrogen) atoms. The largest absolute Gasteiger partial charge is 0.311 e. The molecular weight excluding hydrogens is 829 g/mol. The number of benzene rings is 11. The van der Waals surface area contributed by atoms with Crippen LogP contribution < -0.4 is 20.2 Å². The Morgan fingerprint density at radius 3 is 0.864 bits per heavy atom. The molecule has 0 unspecified atom stereocenters. The van der Waals surface area contributed by atoms with Crippen molar-refractivity contribution < 1.29 is 0 Å². The fourth-order valence-electron chi connectivity index (χ4n) is 10.0. The molecule has 11 rings (SSSR count). The molecule has 0 saturated carbocycles. The Morgan fingerprint density at radius 1 is 0.242 bits per heavy atom. The van der Waals surface area contributed by atoms with Crippen LogP contribution in [-0.2, 0) is 0 Å².